The Bertz CT molecular complexity index is 794. The number of carbonyl (C=O) groups is 1. The maximum atomic E-state index is 11.8. The molecule has 1 aromatic carbocycles. The summed E-state index contributed by atoms with van der Waals surface area (Å²) in [5, 5.41) is 2.71. The molecule has 0 radical (unpaired) electrons. The Morgan fingerprint density at radius 2 is 2.09 bits per heavy atom. The summed E-state index contributed by atoms with van der Waals surface area (Å²) in [5.41, 5.74) is 2.49. The largest absolute Gasteiger partial charge is 0.328 e. The highest BCUT2D eigenvalue weighted by molar-refractivity contribution is 7.90. The second-order valence-corrected chi connectivity index (χ2v) is 7.70. The average molecular weight is 323 g/mol. The molecule has 0 spiro atoms. The Balaban J connectivity index is 2.15. The van der Waals surface area contributed by atoms with Crippen LogP contribution in [0.15, 0.2) is 18.2 Å². The second-order valence-electron chi connectivity index (χ2n) is 5.44. The van der Waals surface area contributed by atoms with Gasteiger partial charge in [-0.2, -0.15) is 0 Å². The van der Waals surface area contributed by atoms with Gasteiger partial charge in [0.2, 0.25) is 5.91 Å². The molecule has 7 heteroatoms. The fraction of sp³-hybridized carbons (Fsp3) is 0.467. The molecule has 120 valence electrons. The van der Waals surface area contributed by atoms with E-state index in [0.29, 0.717) is 5.69 Å². The van der Waals surface area contributed by atoms with Gasteiger partial charge in [-0.05, 0) is 31.5 Å². The lowest BCUT2D eigenvalue weighted by Crippen LogP contribution is -2.16. The van der Waals surface area contributed by atoms with E-state index >= 15 is 0 Å². The van der Waals surface area contributed by atoms with Gasteiger partial charge in [-0.1, -0.05) is 6.92 Å². The van der Waals surface area contributed by atoms with Crippen LogP contribution in [0.2, 0.25) is 0 Å². The van der Waals surface area contributed by atoms with Crippen LogP contribution in [0.3, 0.4) is 0 Å². The van der Waals surface area contributed by atoms with E-state index in [0.717, 1.165) is 36.1 Å². The zero-order valence-electron chi connectivity index (χ0n) is 13.1. The minimum absolute atomic E-state index is 0.0415. The zero-order chi connectivity index (χ0) is 16.3. The molecule has 0 aliphatic carbocycles. The molecule has 1 amide bonds. The number of benzene rings is 1. The van der Waals surface area contributed by atoms with Crippen molar-refractivity contribution in [3.63, 3.8) is 0 Å². The number of carbonyl (C=O) groups excluding carboxylic acids is 1. The molecular formula is C15H21N3O3S. The van der Waals surface area contributed by atoms with Crippen LogP contribution < -0.4 is 5.32 Å². The minimum Gasteiger partial charge on any atom is -0.328 e. The van der Waals surface area contributed by atoms with Gasteiger partial charge in [0.15, 0.2) is 0 Å². The second kappa shape index (κ2) is 6.48. The normalized spacial score (nSPS) is 11.8. The van der Waals surface area contributed by atoms with Gasteiger partial charge in [-0.25, -0.2) is 13.4 Å². The van der Waals surface area contributed by atoms with Crippen molar-refractivity contribution in [1.29, 1.82) is 0 Å². The summed E-state index contributed by atoms with van der Waals surface area (Å²) >= 11 is 0. The molecule has 1 N–H and O–H groups in total. The number of hydrogen-bond donors (Lipinski definition) is 1. The highest BCUT2D eigenvalue weighted by atomic mass is 32.2. The maximum absolute atomic E-state index is 11.8. The van der Waals surface area contributed by atoms with Crippen LogP contribution in [-0.2, 0) is 21.2 Å². The zero-order valence-corrected chi connectivity index (χ0v) is 13.9. The van der Waals surface area contributed by atoms with Crippen LogP contribution >= 0.6 is 0 Å². The summed E-state index contributed by atoms with van der Waals surface area (Å²) in [7, 11) is -3.13. The third kappa shape index (κ3) is 4.07. The topological polar surface area (TPSA) is 81.1 Å². The molecule has 0 unspecified atom stereocenters. The number of sulfone groups is 1. The minimum atomic E-state index is -3.13. The van der Waals surface area contributed by atoms with Crippen molar-refractivity contribution >= 4 is 32.5 Å². The van der Waals surface area contributed by atoms with Gasteiger partial charge < -0.3 is 9.88 Å². The predicted octanol–water partition coefficient (Wildman–Crippen LogP) is 2.13. The molecule has 1 aromatic heterocycles. The SMILES string of the molecule is CCCn1c(C)nc2cc(NC(=O)CCS(C)(=O)=O)ccc21. The first kappa shape index (κ1) is 16.5. The van der Waals surface area contributed by atoms with Crippen LogP contribution in [0.25, 0.3) is 11.0 Å². The van der Waals surface area contributed by atoms with Crippen LogP contribution in [0.5, 0.6) is 0 Å². The number of imidazole rings is 1. The number of hydrogen-bond acceptors (Lipinski definition) is 4. The number of anilines is 1. The fourth-order valence-corrected chi connectivity index (χ4v) is 2.89. The van der Waals surface area contributed by atoms with Gasteiger partial charge in [0.1, 0.15) is 15.7 Å². The Kier molecular flexibility index (Phi) is 4.85. The number of nitrogens with zero attached hydrogens (tertiary/aromatic N) is 2. The lowest BCUT2D eigenvalue weighted by molar-refractivity contribution is -0.115. The summed E-state index contributed by atoms with van der Waals surface area (Å²) in [6.45, 7) is 4.98. The third-order valence-corrected chi connectivity index (χ3v) is 4.32. The molecule has 0 bridgehead atoms. The van der Waals surface area contributed by atoms with Gasteiger partial charge >= 0.3 is 0 Å². The van der Waals surface area contributed by atoms with E-state index in [1.807, 2.05) is 25.1 Å². The van der Waals surface area contributed by atoms with Crippen molar-refractivity contribution in [3.8, 4) is 0 Å². The maximum Gasteiger partial charge on any atom is 0.225 e. The molecule has 22 heavy (non-hydrogen) atoms. The monoisotopic (exact) mass is 323 g/mol. The van der Waals surface area contributed by atoms with Crippen LogP contribution in [-0.4, -0.2) is 35.9 Å². The Labute approximate surface area is 130 Å². The van der Waals surface area contributed by atoms with E-state index in [2.05, 4.69) is 21.8 Å². The van der Waals surface area contributed by atoms with Gasteiger partial charge in [0.25, 0.3) is 0 Å². The molecule has 1 heterocycles. The molecule has 0 fully saturated rings. The summed E-state index contributed by atoms with van der Waals surface area (Å²) in [5.74, 6) is 0.484. The van der Waals surface area contributed by atoms with Crippen LogP contribution in [0.4, 0.5) is 5.69 Å². The van der Waals surface area contributed by atoms with E-state index in [1.165, 1.54) is 0 Å². The molecule has 0 saturated heterocycles. The lowest BCUT2D eigenvalue weighted by atomic mass is 10.2. The molecular weight excluding hydrogens is 302 g/mol. The molecule has 0 saturated carbocycles. The smallest absolute Gasteiger partial charge is 0.225 e. The fourth-order valence-electron chi connectivity index (χ4n) is 2.34. The lowest BCUT2D eigenvalue weighted by Gasteiger charge is -2.06. The molecule has 0 atom stereocenters. The Morgan fingerprint density at radius 3 is 2.73 bits per heavy atom. The summed E-state index contributed by atoms with van der Waals surface area (Å²) in [4.78, 5) is 16.3. The van der Waals surface area contributed by atoms with Crippen molar-refractivity contribution in [2.24, 2.45) is 0 Å². The molecule has 2 aromatic rings. The number of aromatic nitrogens is 2. The predicted molar refractivity (Wildman–Crippen MR) is 87.7 cm³/mol. The van der Waals surface area contributed by atoms with Gasteiger partial charge in [0.05, 0.1) is 16.8 Å². The average Bonchev–Trinajstić information content (AvgIpc) is 2.72. The third-order valence-electron chi connectivity index (χ3n) is 3.37. The molecule has 0 aliphatic heterocycles. The highest BCUT2D eigenvalue weighted by Crippen LogP contribution is 2.21. The number of nitrogens with one attached hydrogen (secondary N) is 1. The molecule has 0 aliphatic rings. The summed E-state index contributed by atoms with van der Waals surface area (Å²) < 4.78 is 24.3. The first-order valence-electron chi connectivity index (χ1n) is 7.24. The van der Waals surface area contributed by atoms with E-state index < -0.39 is 9.84 Å². The van der Waals surface area contributed by atoms with Crippen molar-refractivity contribution < 1.29 is 13.2 Å². The first-order valence-corrected chi connectivity index (χ1v) is 9.30. The van der Waals surface area contributed by atoms with Gasteiger partial charge in [0, 0.05) is 24.9 Å². The van der Waals surface area contributed by atoms with Crippen molar-refractivity contribution in [3.05, 3.63) is 24.0 Å². The Hall–Kier alpha value is -1.89. The van der Waals surface area contributed by atoms with Gasteiger partial charge in [-0.15, -0.1) is 0 Å². The van der Waals surface area contributed by atoms with E-state index in [9.17, 15) is 13.2 Å². The number of fused-ring (bicyclic) bond motifs is 1. The quantitative estimate of drug-likeness (QED) is 0.883. The number of rotatable bonds is 6. The van der Waals surface area contributed by atoms with Gasteiger partial charge in [-0.3, -0.25) is 4.79 Å². The highest BCUT2D eigenvalue weighted by Gasteiger charge is 2.10. The van der Waals surface area contributed by atoms with Crippen molar-refractivity contribution in [1.82, 2.24) is 9.55 Å². The van der Waals surface area contributed by atoms with Crippen molar-refractivity contribution in [2.45, 2.75) is 33.2 Å². The van der Waals surface area contributed by atoms with E-state index in [1.54, 1.807) is 0 Å². The van der Waals surface area contributed by atoms with E-state index in [-0.39, 0.29) is 18.1 Å². The summed E-state index contributed by atoms with van der Waals surface area (Å²) in [6.07, 6.45) is 2.10. The first-order chi connectivity index (χ1) is 10.3. The number of aryl methyl sites for hydroxylation is 2. The molecule has 6 nitrogen and oxygen atoms in total. The summed E-state index contributed by atoms with van der Waals surface area (Å²) in [6, 6.07) is 5.55. The van der Waals surface area contributed by atoms with Crippen molar-refractivity contribution in [2.75, 3.05) is 17.3 Å². The van der Waals surface area contributed by atoms with E-state index in [4.69, 9.17) is 0 Å². The number of amides is 1. The standard InChI is InChI=1S/C15H21N3O3S/c1-4-8-18-11(2)16-13-10-12(5-6-14(13)18)17-15(19)7-9-22(3,20)21/h5-6,10H,4,7-9H2,1-3H3,(H,17,19). The van der Waals surface area contributed by atoms with Crippen LogP contribution in [0, 0.1) is 6.92 Å². The van der Waals surface area contributed by atoms with Crippen LogP contribution in [0.1, 0.15) is 25.6 Å². The molecule has 2 rings (SSSR count). The Morgan fingerprint density at radius 1 is 1.36 bits per heavy atom.